The molecule has 0 heterocycles. The van der Waals surface area contributed by atoms with Gasteiger partial charge in [-0.05, 0) is 26.2 Å². The number of ether oxygens (including phenoxy) is 1. The summed E-state index contributed by atoms with van der Waals surface area (Å²) in [4.78, 5) is 0. The van der Waals surface area contributed by atoms with Gasteiger partial charge in [0.15, 0.2) is 0 Å². The van der Waals surface area contributed by atoms with Crippen LogP contribution < -0.4 is 5.32 Å². The summed E-state index contributed by atoms with van der Waals surface area (Å²) < 4.78 is 5.82. The molecule has 0 amide bonds. The number of aliphatic hydroxyl groups excluding tert-OH is 1. The Bertz CT molecular complexity index is 202. The lowest BCUT2D eigenvalue weighted by molar-refractivity contribution is -0.130. The van der Waals surface area contributed by atoms with Gasteiger partial charge in [-0.2, -0.15) is 0 Å². The molecule has 15 heavy (non-hydrogen) atoms. The summed E-state index contributed by atoms with van der Waals surface area (Å²) in [5.74, 6) is 0. The Morgan fingerprint density at radius 3 is 2.73 bits per heavy atom. The quantitative estimate of drug-likeness (QED) is 0.723. The standard InChI is InChI=1S/C12H23NO2/c1-2-15-11-9-10(13-7-8-14)12(11)5-3-4-6-12/h10-11,13-14H,2-9H2,1H3. The lowest BCUT2D eigenvalue weighted by Gasteiger charge is -2.54. The lowest BCUT2D eigenvalue weighted by atomic mass is 9.60. The van der Waals surface area contributed by atoms with Gasteiger partial charge in [0.2, 0.25) is 0 Å². The second-order valence-electron chi connectivity index (χ2n) is 4.85. The average molecular weight is 213 g/mol. The largest absolute Gasteiger partial charge is 0.395 e. The summed E-state index contributed by atoms with van der Waals surface area (Å²) >= 11 is 0. The molecule has 0 bridgehead atoms. The second kappa shape index (κ2) is 4.81. The van der Waals surface area contributed by atoms with Crippen molar-refractivity contribution >= 4 is 0 Å². The van der Waals surface area contributed by atoms with Crippen molar-refractivity contribution < 1.29 is 9.84 Å². The van der Waals surface area contributed by atoms with Gasteiger partial charge in [0.25, 0.3) is 0 Å². The van der Waals surface area contributed by atoms with E-state index in [1.807, 2.05) is 0 Å². The number of aliphatic hydroxyl groups is 1. The smallest absolute Gasteiger partial charge is 0.0661 e. The first kappa shape index (κ1) is 11.4. The Morgan fingerprint density at radius 1 is 1.40 bits per heavy atom. The van der Waals surface area contributed by atoms with Crippen LogP contribution in [0.3, 0.4) is 0 Å². The van der Waals surface area contributed by atoms with Crippen molar-refractivity contribution in [2.24, 2.45) is 5.41 Å². The van der Waals surface area contributed by atoms with Gasteiger partial charge in [-0.3, -0.25) is 0 Å². The van der Waals surface area contributed by atoms with Crippen molar-refractivity contribution in [2.45, 2.75) is 51.2 Å². The van der Waals surface area contributed by atoms with Crippen LogP contribution in [0.1, 0.15) is 39.0 Å². The van der Waals surface area contributed by atoms with Gasteiger partial charge in [-0.25, -0.2) is 0 Å². The van der Waals surface area contributed by atoms with Crippen LogP contribution in [0.25, 0.3) is 0 Å². The molecule has 0 aromatic heterocycles. The van der Waals surface area contributed by atoms with E-state index in [1.165, 1.54) is 25.7 Å². The molecule has 88 valence electrons. The summed E-state index contributed by atoms with van der Waals surface area (Å²) in [6.07, 6.45) is 6.91. The molecule has 2 aliphatic rings. The van der Waals surface area contributed by atoms with Crippen LogP contribution in [-0.4, -0.2) is 37.0 Å². The minimum Gasteiger partial charge on any atom is -0.395 e. The second-order valence-corrected chi connectivity index (χ2v) is 4.85. The Hall–Kier alpha value is -0.120. The van der Waals surface area contributed by atoms with Crippen LogP contribution in [0, 0.1) is 5.41 Å². The van der Waals surface area contributed by atoms with Crippen molar-refractivity contribution in [3.05, 3.63) is 0 Å². The summed E-state index contributed by atoms with van der Waals surface area (Å²) in [5, 5.41) is 12.3. The molecule has 0 aromatic carbocycles. The Morgan fingerprint density at radius 2 is 2.13 bits per heavy atom. The first-order valence-corrected chi connectivity index (χ1v) is 6.29. The monoisotopic (exact) mass is 213 g/mol. The summed E-state index contributed by atoms with van der Waals surface area (Å²) in [5.41, 5.74) is 0.408. The van der Waals surface area contributed by atoms with E-state index in [1.54, 1.807) is 0 Å². The van der Waals surface area contributed by atoms with E-state index in [0.717, 1.165) is 19.6 Å². The third-order valence-corrected chi connectivity index (χ3v) is 4.19. The first-order valence-electron chi connectivity index (χ1n) is 6.29. The van der Waals surface area contributed by atoms with Crippen LogP contribution >= 0.6 is 0 Å². The Kier molecular flexibility index (Phi) is 3.65. The summed E-state index contributed by atoms with van der Waals surface area (Å²) in [6, 6.07) is 0.587. The van der Waals surface area contributed by atoms with Crippen molar-refractivity contribution in [3.8, 4) is 0 Å². The van der Waals surface area contributed by atoms with Crippen molar-refractivity contribution in [1.82, 2.24) is 5.32 Å². The normalized spacial score (nSPS) is 33.2. The van der Waals surface area contributed by atoms with Gasteiger partial charge in [0.1, 0.15) is 0 Å². The highest BCUT2D eigenvalue weighted by Gasteiger charge is 2.56. The molecule has 2 saturated carbocycles. The Labute approximate surface area is 92.2 Å². The fraction of sp³-hybridized carbons (Fsp3) is 1.00. The van der Waals surface area contributed by atoms with E-state index in [9.17, 15) is 0 Å². The van der Waals surface area contributed by atoms with Gasteiger partial charge in [0, 0.05) is 24.6 Å². The molecule has 2 aliphatic carbocycles. The predicted molar refractivity (Wildman–Crippen MR) is 59.8 cm³/mol. The van der Waals surface area contributed by atoms with Crippen LogP contribution in [0.2, 0.25) is 0 Å². The molecule has 0 saturated heterocycles. The zero-order valence-electron chi connectivity index (χ0n) is 9.67. The minimum atomic E-state index is 0.242. The molecular formula is C12H23NO2. The SMILES string of the molecule is CCOC1CC(NCCO)C12CCCC2. The van der Waals surface area contributed by atoms with Crippen molar-refractivity contribution in [3.63, 3.8) is 0 Å². The summed E-state index contributed by atoms with van der Waals surface area (Å²) in [7, 11) is 0. The Balaban J connectivity index is 1.92. The zero-order valence-corrected chi connectivity index (χ0v) is 9.67. The molecular weight excluding hydrogens is 190 g/mol. The molecule has 2 rings (SSSR count). The zero-order chi connectivity index (χ0) is 10.7. The number of rotatable bonds is 5. The molecule has 0 aliphatic heterocycles. The number of hydrogen-bond donors (Lipinski definition) is 2. The minimum absolute atomic E-state index is 0.242. The highest BCUT2D eigenvalue weighted by Crippen LogP contribution is 2.54. The van der Waals surface area contributed by atoms with Crippen LogP contribution in [0.5, 0.6) is 0 Å². The molecule has 0 aromatic rings. The van der Waals surface area contributed by atoms with Crippen LogP contribution in [-0.2, 0) is 4.74 Å². The molecule has 2 fully saturated rings. The van der Waals surface area contributed by atoms with Gasteiger partial charge < -0.3 is 15.2 Å². The molecule has 3 heteroatoms. The molecule has 2 atom stereocenters. The van der Waals surface area contributed by atoms with Crippen LogP contribution in [0.15, 0.2) is 0 Å². The van der Waals surface area contributed by atoms with Crippen molar-refractivity contribution in [2.75, 3.05) is 19.8 Å². The van der Waals surface area contributed by atoms with Gasteiger partial charge in [-0.1, -0.05) is 12.8 Å². The fourth-order valence-electron chi connectivity index (χ4n) is 3.41. The molecule has 3 nitrogen and oxygen atoms in total. The highest BCUT2D eigenvalue weighted by atomic mass is 16.5. The van der Waals surface area contributed by atoms with Gasteiger partial charge in [-0.15, -0.1) is 0 Å². The van der Waals surface area contributed by atoms with Gasteiger partial charge in [0.05, 0.1) is 12.7 Å². The third-order valence-electron chi connectivity index (χ3n) is 4.19. The third kappa shape index (κ3) is 1.93. The van der Waals surface area contributed by atoms with E-state index >= 15 is 0 Å². The van der Waals surface area contributed by atoms with Gasteiger partial charge >= 0.3 is 0 Å². The maximum absolute atomic E-state index is 8.84. The highest BCUT2D eigenvalue weighted by molar-refractivity contribution is 5.09. The maximum atomic E-state index is 8.84. The average Bonchev–Trinajstić information content (AvgIpc) is 2.74. The predicted octanol–water partition coefficient (Wildman–Crippen LogP) is 1.31. The lowest BCUT2D eigenvalue weighted by Crippen LogP contribution is -2.63. The van der Waals surface area contributed by atoms with E-state index in [-0.39, 0.29) is 6.61 Å². The topological polar surface area (TPSA) is 41.5 Å². The molecule has 0 radical (unpaired) electrons. The number of nitrogens with one attached hydrogen (secondary N) is 1. The van der Waals surface area contributed by atoms with E-state index in [2.05, 4.69) is 12.2 Å². The molecule has 1 spiro atoms. The maximum Gasteiger partial charge on any atom is 0.0661 e. The van der Waals surface area contributed by atoms with Crippen molar-refractivity contribution in [1.29, 1.82) is 0 Å². The van der Waals surface area contributed by atoms with Crippen LogP contribution in [0.4, 0.5) is 0 Å². The molecule has 2 unspecified atom stereocenters. The van der Waals surface area contributed by atoms with E-state index in [0.29, 0.717) is 17.6 Å². The summed E-state index contributed by atoms with van der Waals surface area (Å²) in [6.45, 7) is 3.88. The van der Waals surface area contributed by atoms with E-state index in [4.69, 9.17) is 9.84 Å². The fourth-order valence-corrected chi connectivity index (χ4v) is 3.41. The molecule has 2 N–H and O–H groups in total. The van der Waals surface area contributed by atoms with E-state index < -0.39 is 0 Å². The number of hydrogen-bond acceptors (Lipinski definition) is 3. The first-order chi connectivity index (χ1) is 7.33.